The molecule has 0 fully saturated rings. The molecule has 4 nitrogen and oxygen atoms in total. The van der Waals surface area contributed by atoms with Gasteiger partial charge < -0.3 is 15.2 Å². The van der Waals surface area contributed by atoms with Crippen LogP contribution in [-0.2, 0) is 9.59 Å². The Labute approximate surface area is 118 Å². The van der Waals surface area contributed by atoms with E-state index in [0.717, 1.165) is 16.3 Å². The second kappa shape index (κ2) is 8.69. The van der Waals surface area contributed by atoms with Crippen LogP contribution in [0, 0.1) is 0 Å². The molecule has 1 amide bonds. The van der Waals surface area contributed by atoms with Gasteiger partial charge in [0.15, 0.2) is 0 Å². The fourth-order valence-corrected chi connectivity index (χ4v) is 2.05. The summed E-state index contributed by atoms with van der Waals surface area (Å²) in [6, 6.07) is 14.1. The van der Waals surface area contributed by atoms with Crippen molar-refractivity contribution in [3.8, 4) is 0 Å². The predicted octanol–water partition coefficient (Wildman–Crippen LogP) is 2.69. The van der Waals surface area contributed by atoms with Crippen molar-refractivity contribution in [2.75, 3.05) is 7.05 Å². The van der Waals surface area contributed by atoms with Crippen LogP contribution in [0.25, 0.3) is 10.8 Å². The standard InChI is InChI=1S/C14H14O2.C2H4NO.Fm/c1-10(9-14(15)16)12-8-4-6-11-5-2-3-7-13(11)12;1-3-2-4;/h2-8,10H,9H2,1H3,(H,15,16);1H3,(H,3,4);/q;-1;/t10-;;/m1../s1. The fraction of sp³-hybridized carbons (Fsp3) is 0.250. The van der Waals surface area contributed by atoms with Gasteiger partial charge in [-0.15, -0.1) is 0 Å². The van der Waals surface area contributed by atoms with Crippen LogP contribution in [0.5, 0.6) is 0 Å². The first-order valence-corrected chi connectivity index (χ1v) is 6.33. The van der Waals surface area contributed by atoms with Crippen LogP contribution in [0.4, 0.5) is 0 Å². The van der Waals surface area contributed by atoms with Crippen LogP contribution in [0.2, 0.25) is 0 Å². The molecule has 2 rings (SSSR count). The van der Waals surface area contributed by atoms with E-state index in [9.17, 15) is 4.79 Å². The van der Waals surface area contributed by atoms with Crippen molar-refractivity contribution in [3.05, 3.63) is 48.0 Å². The van der Waals surface area contributed by atoms with Crippen LogP contribution in [0.15, 0.2) is 42.5 Å². The average molecular weight is 529 g/mol. The smallest absolute Gasteiger partial charge is 0.303 e. The Morgan fingerprint density at radius 3 is 2.38 bits per heavy atom. The van der Waals surface area contributed by atoms with Crippen molar-refractivity contribution < 1.29 is 14.7 Å². The van der Waals surface area contributed by atoms with Gasteiger partial charge in [-0.05, 0) is 29.3 Å². The van der Waals surface area contributed by atoms with Crippen molar-refractivity contribution in [1.29, 1.82) is 0 Å². The summed E-state index contributed by atoms with van der Waals surface area (Å²) >= 11 is 0. The molecule has 2 aromatic rings. The Kier molecular flexibility index (Phi) is 7.30. The number of benzene rings is 2. The van der Waals surface area contributed by atoms with Crippen LogP contribution in [0.3, 0.4) is 0 Å². The van der Waals surface area contributed by atoms with Crippen molar-refractivity contribution in [2.24, 2.45) is 0 Å². The zero-order valence-electron chi connectivity index (χ0n) is 11.9. The maximum Gasteiger partial charge on any atom is 0.303 e. The molecule has 0 bridgehead atoms. The van der Waals surface area contributed by atoms with E-state index in [1.54, 1.807) is 0 Å². The molecule has 21 heavy (non-hydrogen) atoms. The summed E-state index contributed by atoms with van der Waals surface area (Å²) in [4.78, 5) is 19.7. The van der Waals surface area contributed by atoms with Crippen LogP contribution < -0.4 is 5.32 Å². The topological polar surface area (TPSA) is 66.4 Å². The van der Waals surface area contributed by atoms with E-state index in [2.05, 4.69) is 5.32 Å². The molecule has 1 atom stereocenters. The normalized spacial score (nSPS) is 10.6. The third kappa shape index (κ3) is 5.03. The van der Waals surface area contributed by atoms with Gasteiger partial charge in [0.05, 0.1) is 6.42 Å². The second-order valence-corrected chi connectivity index (χ2v) is 4.42. The molecule has 0 heterocycles. The number of carbonyl (C=O) groups excluding carboxylic acids is 1. The number of carboxylic acid groups (broad SMARTS) is 1. The minimum absolute atomic E-state index is 0. The molecule has 0 aliphatic rings. The van der Waals surface area contributed by atoms with Gasteiger partial charge in [0.1, 0.15) is 0 Å². The molecule has 118 valence electrons. The number of carboxylic acids is 1. The summed E-state index contributed by atoms with van der Waals surface area (Å²) in [5.41, 5.74) is 1.11. The van der Waals surface area contributed by atoms with E-state index in [-0.39, 0.29) is 12.3 Å². The summed E-state index contributed by atoms with van der Waals surface area (Å²) < 4.78 is 0. The van der Waals surface area contributed by atoms with E-state index in [1.165, 1.54) is 13.5 Å². The number of amides is 1. The van der Waals surface area contributed by atoms with Gasteiger partial charge in [0.25, 0.3) is 0 Å². The van der Waals surface area contributed by atoms with Crippen LogP contribution >= 0.6 is 0 Å². The largest absolute Gasteiger partial charge is 0.532 e. The van der Waals surface area contributed by atoms with Gasteiger partial charge >= 0.3 is 5.97 Å². The Morgan fingerprint density at radius 1 is 1.24 bits per heavy atom. The van der Waals surface area contributed by atoms with Gasteiger partial charge in [0.2, 0.25) is 0 Å². The maximum absolute atomic E-state index is 10.7. The molecular formula is C16H18FmNO3-. The number of carbonyl (C=O) groups is 1. The van der Waals surface area contributed by atoms with E-state index in [1.807, 2.05) is 49.4 Å². The van der Waals surface area contributed by atoms with Gasteiger partial charge in [-0.25, -0.2) is 0 Å². The molecule has 0 aliphatic heterocycles. The first-order chi connectivity index (χ1) is 9.60. The molecule has 0 aromatic heterocycles. The molecule has 0 aliphatic carbocycles. The van der Waals surface area contributed by atoms with E-state index >= 15 is 0 Å². The monoisotopic (exact) mass is 529 g/mol. The number of aliphatic carboxylic acids is 1. The van der Waals surface area contributed by atoms with E-state index < -0.39 is 5.97 Å². The zero-order valence-corrected chi connectivity index (χ0v) is 14.3. The van der Waals surface area contributed by atoms with Crippen molar-refractivity contribution in [1.82, 2.24) is 5.32 Å². The number of hydrogen-bond donors (Lipinski definition) is 2. The first kappa shape index (κ1) is 17.6. The molecule has 0 unspecified atom stereocenters. The fourth-order valence-electron chi connectivity index (χ4n) is 2.05. The molecule has 2 aromatic carbocycles. The maximum atomic E-state index is 10.7. The number of rotatable bonds is 4. The summed E-state index contributed by atoms with van der Waals surface area (Å²) in [6.07, 6.45) is 1.61. The van der Waals surface area contributed by atoms with Crippen molar-refractivity contribution >= 4 is 23.2 Å². The summed E-state index contributed by atoms with van der Waals surface area (Å²) in [5, 5.41) is 13.3. The zero-order chi connectivity index (χ0) is 15.0. The van der Waals surface area contributed by atoms with Gasteiger partial charge in [-0.3, -0.25) is 4.79 Å². The minimum atomic E-state index is -0.750. The number of fused-ring (bicyclic) bond motifs is 1. The number of hydrogen-bond acceptors (Lipinski definition) is 2. The molecule has 2 N–H and O–H groups in total. The molecular weight excluding hydrogens is 511 g/mol. The first-order valence-electron chi connectivity index (χ1n) is 6.33. The summed E-state index contributed by atoms with van der Waals surface area (Å²) in [6.45, 7) is 1.95. The third-order valence-corrected chi connectivity index (χ3v) is 2.94. The van der Waals surface area contributed by atoms with Gasteiger partial charge in [0, 0.05) is 0 Å². The SMILES string of the molecule is CN[C-]=O.C[C@H](CC(=O)O)c1cccc2ccccc12.[Fm]. The quantitative estimate of drug-likeness (QED) is 0.473. The van der Waals surface area contributed by atoms with E-state index in [0.29, 0.717) is 0 Å². The van der Waals surface area contributed by atoms with Crippen LogP contribution in [-0.4, -0.2) is 24.5 Å². The second-order valence-electron chi connectivity index (χ2n) is 4.42. The molecule has 0 saturated carbocycles. The van der Waals surface area contributed by atoms with Gasteiger partial charge in [-0.1, -0.05) is 49.4 Å². The van der Waals surface area contributed by atoms with Crippen molar-refractivity contribution in [2.45, 2.75) is 19.3 Å². The molecule has 5 heteroatoms. The summed E-state index contributed by atoms with van der Waals surface area (Å²) in [5.74, 6) is -0.705. The Bertz CT molecular complexity index is 581. The van der Waals surface area contributed by atoms with Gasteiger partial charge in [-0.2, -0.15) is 6.41 Å². The number of nitrogens with one attached hydrogen (secondary N) is 1. The Hall–Kier alpha value is -3.36. The Morgan fingerprint density at radius 2 is 1.81 bits per heavy atom. The third-order valence-electron chi connectivity index (χ3n) is 2.94. The Balaban J connectivity index is 0.000000715. The molecule has 0 spiro atoms. The van der Waals surface area contributed by atoms with Crippen molar-refractivity contribution in [3.63, 3.8) is 0 Å². The molecule has 0 saturated heterocycles. The minimum Gasteiger partial charge on any atom is -0.532 e. The molecule has 0 radical (unpaired) electrons. The van der Waals surface area contributed by atoms with E-state index in [4.69, 9.17) is 9.90 Å². The average Bonchev–Trinajstić information content (AvgIpc) is 2.46. The predicted molar refractivity (Wildman–Crippen MR) is 79.4 cm³/mol. The summed E-state index contributed by atoms with van der Waals surface area (Å²) in [7, 11) is 1.51. The van der Waals surface area contributed by atoms with Crippen LogP contribution in [0.1, 0.15) is 24.8 Å².